The van der Waals surface area contributed by atoms with Crippen LogP contribution in [0.25, 0.3) is 0 Å². The summed E-state index contributed by atoms with van der Waals surface area (Å²) in [7, 11) is 2.06. The van der Waals surface area contributed by atoms with Gasteiger partial charge in [-0.3, -0.25) is 4.79 Å². The Hall–Kier alpha value is -1.55. The SMILES string of the molecule is CN(CCCNC(=O)C(C)(C)CN)c1ccccc1. The molecule has 0 heterocycles. The number of anilines is 1. The molecule has 106 valence electrons. The van der Waals surface area contributed by atoms with Crippen LogP contribution in [0, 0.1) is 5.41 Å². The van der Waals surface area contributed by atoms with Crippen LogP contribution in [0.3, 0.4) is 0 Å². The number of benzene rings is 1. The van der Waals surface area contributed by atoms with Gasteiger partial charge >= 0.3 is 0 Å². The number of carbonyl (C=O) groups is 1. The van der Waals surface area contributed by atoms with Crippen LogP contribution >= 0.6 is 0 Å². The quantitative estimate of drug-likeness (QED) is 0.735. The molecule has 0 aromatic heterocycles. The van der Waals surface area contributed by atoms with Crippen LogP contribution < -0.4 is 16.0 Å². The van der Waals surface area contributed by atoms with Crippen molar-refractivity contribution in [3.05, 3.63) is 30.3 Å². The first kappa shape index (κ1) is 15.5. The van der Waals surface area contributed by atoms with Crippen LogP contribution in [0.5, 0.6) is 0 Å². The Morgan fingerprint density at radius 3 is 2.53 bits per heavy atom. The molecular formula is C15H25N3O. The molecule has 0 saturated carbocycles. The number of rotatable bonds is 7. The molecule has 0 fully saturated rings. The normalized spacial score (nSPS) is 11.2. The number of nitrogens with zero attached hydrogens (tertiary/aromatic N) is 1. The maximum Gasteiger partial charge on any atom is 0.226 e. The molecule has 1 amide bonds. The minimum atomic E-state index is -0.481. The third kappa shape index (κ3) is 4.91. The van der Waals surface area contributed by atoms with E-state index in [0.29, 0.717) is 13.1 Å². The molecule has 0 aliphatic rings. The van der Waals surface area contributed by atoms with Crippen molar-refractivity contribution < 1.29 is 4.79 Å². The number of hydrogen-bond acceptors (Lipinski definition) is 3. The molecule has 19 heavy (non-hydrogen) atoms. The first-order valence-electron chi connectivity index (χ1n) is 6.72. The highest BCUT2D eigenvalue weighted by Gasteiger charge is 2.24. The van der Waals surface area contributed by atoms with E-state index in [0.717, 1.165) is 13.0 Å². The lowest BCUT2D eigenvalue weighted by Gasteiger charge is -2.22. The first-order valence-corrected chi connectivity index (χ1v) is 6.72. The average Bonchev–Trinajstić information content (AvgIpc) is 2.43. The molecule has 0 spiro atoms. The minimum absolute atomic E-state index is 0.0253. The van der Waals surface area contributed by atoms with E-state index in [1.165, 1.54) is 5.69 Å². The summed E-state index contributed by atoms with van der Waals surface area (Å²) in [4.78, 5) is 14.0. The zero-order valence-electron chi connectivity index (χ0n) is 12.1. The average molecular weight is 263 g/mol. The van der Waals surface area contributed by atoms with Crippen molar-refractivity contribution in [2.24, 2.45) is 11.1 Å². The zero-order valence-corrected chi connectivity index (χ0v) is 12.1. The van der Waals surface area contributed by atoms with Crippen LogP contribution in [0.1, 0.15) is 20.3 Å². The second-order valence-electron chi connectivity index (χ2n) is 5.45. The molecule has 0 radical (unpaired) electrons. The molecule has 0 aliphatic heterocycles. The molecule has 1 aromatic carbocycles. The maximum atomic E-state index is 11.8. The van der Waals surface area contributed by atoms with Gasteiger partial charge in [-0.25, -0.2) is 0 Å². The van der Waals surface area contributed by atoms with Gasteiger partial charge in [-0.1, -0.05) is 18.2 Å². The molecule has 4 heteroatoms. The van der Waals surface area contributed by atoms with Crippen molar-refractivity contribution in [1.82, 2.24) is 5.32 Å². The monoisotopic (exact) mass is 263 g/mol. The Kier molecular flexibility index (Phi) is 5.83. The van der Waals surface area contributed by atoms with Gasteiger partial charge in [0.2, 0.25) is 5.91 Å². The van der Waals surface area contributed by atoms with Crippen molar-refractivity contribution in [2.45, 2.75) is 20.3 Å². The highest BCUT2D eigenvalue weighted by Crippen LogP contribution is 2.12. The molecule has 0 saturated heterocycles. The number of hydrogen-bond donors (Lipinski definition) is 2. The number of nitrogens with two attached hydrogens (primary N) is 1. The van der Waals surface area contributed by atoms with Crippen molar-refractivity contribution in [2.75, 3.05) is 31.6 Å². The van der Waals surface area contributed by atoms with E-state index in [-0.39, 0.29) is 5.91 Å². The second-order valence-corrected chi connectivity index (χ2v) is 5.45. The van der Waals surface area contributed by atoms with Crippen molar-refractivity contribution >= 4 is 11.6 Å². The summed E-state index contributed by atoms with van der Waals surface area (Å²) in [6.45, 7) is 5.67. The Morgan fingerprint density at radius 1 is 1.32 bits per heavy atom. The lowest BCUT2D eigenvalue weighted by Crippen LogP contribution is -2.42. The molecule has 1 aromatic rings. The van der Waals surface area contributed by atoms with Crippen LogP contribution in [0.2, 0.25) is 0 Å². The molecule has 4 nitrogen and oxygen atoms in total. The Balaban J connectivity index is 2.27. The summed E-state index contributed by atoms with van der Waals surface area (Å²) in [6, 6.07) is 10.2. The highest BCUT2D eigenvalue weighted by molar-refractivity contribution is 5.81. The molecule has 0 aliphatic carbocycles. The molecule has 0 bridgehead atoms. The van der Waals surface area contributed by atoms with Gasteiger partial charge in [-0.15, -0.1) is 0 Å². The summed E-state index contributed by atoms with van der Waals surface area (Å²) in [5.74, 6) is 0.0253. The predicted molar refractivity (Wildman–Crippen MR) is 80.2 cm³/mol. The Morgan fingerprint density at radius 2 is 1.95 bits per heavy atom. The van der Waals surface area contributed by atoms with Crippen LogP contribution in [-0.2, 0) is 4.79 Å². The topological polar surface area (TPSA) is 58.4 Å². The maximum absolute atomic E-state index is 11.8. The van der Waals surface area contributed by atoms with E-state index < -0.39 is 5.41 Å². The van der Waals surface area contributed by atoms with Crippen molar-refractivity contribution in [3.8, 4) is 0 Å². The van der Waals surface area contributed by atoms with E-state index >= 15 is 0 Å². The van der Waals surface area contributed by atoms with Gasteiger partial charge in [-0.2, -0.15) is 0 Å². The first-order chi connectivity index (χ1) is 8.97. The Labute approximate surface area is 116 Å². The van der Waals surface area contributed by atoms with E-state index in [4.69, 9.17) is 5.73 Å². The molecular weight excluding hydrogens is 238 g/mol. The summed E-state index contributed by atoms with van der Waals surface area (Å²) in [6.07, 6.45) is 0.914. The molecule has 0 atom stereocenters. The minimum Gasteiger partial charge on any atom is -0.375 e. The highest BCUT2D eigenvalue weighted by atomic mass is 16.2. The van der Waals surface area contributed by atoms with Gasteiger partial charge in [-0.05, 0) is 32.4 Å². The van der Waals surface area contributed by atoms with Crippen LogP contribution in [0.15, 0.2) is 30.3 Å². The fourth-order valence-electron chi connectivity index (χ4n) is 1.66. The van der Waals surface area contributed by atoms with Crippen LogP contribution in [-0.4, -0.2) is 32.6 Å². The summed E-state index contributed by atoms with van der Waals surface area (Å²) in [5, 5.41) is 2.94. The smallest absolute Gasteiger partial charge is 0.226 e. The fraction of sp³-hybridized carbons (Fsp3) is 0.533. The molecule has 1 rings (SSSR count). The molecule has 0 unspecified atom stereocenters. The third-order valence-corrected chi connectivity index (χ3v) is 3.28. The second kappa shape index (κ2) is 7.14. The summed E-state index contributed by atoms with van der Waals surface area (Å²) >= 11 is 0. The number of amides is 1. The van der Waals surface area contributed by atoms with Crippen molar-refractivity contribution in [3.63, 3.8) is 0 Å². The van der Waals surface area contributed by atoms with Gasteiger partial charge < -0.3 is 16.0 Å². The van der Waals surface area contributed by atoms with E-state index in [9.17, 15) is 4.79 Å². The summed E-state index contributed by atoms with van der Waals surface area (Å²) in [5.41, 5.74) is 6.28. The van der Waals surface area contributed by atoms with E-state index in [1.807, 2.05) is 32.0 Å². The number of para-hydroxylation sites is 1. The zero-order chi connectivity index (χ0) is 14.3. The van der Waals surface area contributed by atoms with E-state index in [1.54, 1.807) is 0 Å². The largest absolute Gasteiger partial charge is 0.375 e. The van der Waals surface area contributed by atoms with Gasteiger partial charge in [0.1, 0.15) is 0 Å². The summed E-state index contributed by atoms with van der Waals surface area (Å²) < 4.78 is 0. The van der Waals surface area contributed by atoms with Gasteiger partial charge in [0.05, 0.1) is 5.41 Å². The Bertz CT molecular complexity index is 390. The van der Waals surface area contributed by atoms with Crippen molar-refractivity contribution in [1.29, 1.82) is 0 Å². The van der Waals surface area contributed by atoms with Gasteiger partial charge in [0, 0.05) is 32.4 Å². The number of carbonyl (C=O) groups excluding carboxylic acids is 1. The molecule has 3 N–H and O–H groups in total. The predicted octanol–water partition coefficient (Wildman–Crippen LogP) is 1.61. The standard InChI is InChI=1S/C15H25N3O/c1-15(2,12-16)14(19)17-10-7-11-18(3)13-8-5-4-6-9-13/h4-6,8-9H,7,10-12,16H2,1-3H3,(H,17,19). The third-order valence-electron chi connectivity index (χ3n) is 3.28. The number of nitrogens with one attached hydrogen (secondary N) is 1. The van der Waals surface area contributed by atoms with Crippen LogP contribution in [0.4, 0.5) is 5.69 Å². The van der Waals surface area contributed by atoms with E-state index in [2.05, 4.69) is 29.4 Å². The van der Waals surface area contributed by atoms with Gasteiger partial charge in [0.15, 0.2) is 0 Å². The fourth-order valence-corrected chi connectivity index (χ4v) is 1.66. The van der Waals surface area contributed by atoms with Gasteiger partial charge in [0.25, 0.3) is 0 Å². The lowest BCUT2D eigenvalue weighted by atomic mass is 9.93. The lowest BCUT2D eigenvalue weighted by molar-refractivity contribution is -0.128.